The molecular weight excluding hydrogens is 160 g/mol. The van der Waals surface area contributed by atoms with E-state index in [1.54, 1.807) is 0 Å². The van der Waals surface area contributed by atoms with E-state index in [9.17, 15) is 0 Å². The third-order valence-corrected chi connectivity index (χ3v) is 3.85. The minimum Gasteiger partial charge on any atom is -0.330 e. The average molecular weight is 182 g/mol. The second-order valence-corrected chi connectivity index (χ2v) is 4.78. The lowest BCUT2D eigenvalue weighted by Gasteiger charge is -2.21. The number of rotatable bonds is 5. The summed E-state index contributed by atoms with van der Waals surface area (Å²) in [6.45, 7) is 3.19. The SMILES string of the molecule is NCCCNCC1CC2CCC1C2. The van der Waals surface area contributed by atoms with Crippen LogP contribution in [0.4, 0.5) is 0 Å². The lowest BCUT2D eigenvalue weighted by molar-refractivity contribution is 0.319. The van der Waals surface area contributed by atoms with Crippen LogP contribution >= 0.6 is 0 Å². The van der Waals surface area contributed by atoms with Crippen molar-refractivity contribution in [3.05, 3.63) is 0 Å². The van der Waals surface area contributed by atoms with Crippen molar-refractivity contribution < 1.29 is 0 Å². The van der Waals surface area contributed by atoms with E-state index in [2.05, 4.69) is 5.32 Å². The lowest BCUT2D eigenvalue weighted by atomic mass is 9.89. The fourth-order valence-electron chi connectivity index (χ4n) is 3.14. The van der Waals surface area contributed by atoms with Crippen LogP contribution in [-0.2, 0) is 0 Å². The smallest absolute Gasteiger partial charge is 0.00178 e. The molecule has 0 aromatic heterocycles. The number of hydrogen-bond donors (Lipinski definition) is 2. The number of hydrogen-bond acceptors (Lipinski definition) is 2. The first-order valence-corrected chi connectivity index (χ1v) is 5.81. The molecule has 0 radical (unpaired) electrons. The van der Waals surface area contributed by atoms with Crippen molar-refractivity contribution in [2.75, 3.05) is 19.6 Å². The molecule has 2 bridgehead atoms. The zero-order valence-electron chi connectivity index (χ0n) is 8.47. The first kappa shape index (κ1) is 9.47. The van der Waals surface area contributed by atoms with Gasteiger partial charge in [0.1, 0.15) is 0 Å². The van der Waals surface area contributed by atoms with Gasteiger partial charge in [0.15, 0.2) is 0 Å². The predicted octanol–water partition coefficient (Wildman–Crippen LogP) is 1.36. The van der Waals surface area contributed by atoms with Gasteiger partial charge in [0, 0.05) is 0 Å². The van der Waals surface area contributed by atoms with Crippen LogP contribution in [0.15, 0.2) is 0 Å². The Bertz CT molecular complexity index is 158. The zero-order valence-corrected chi connectivity index (χ0v) is 8.47. The first-order chi connectivity index (χ1) is 6.40. The molecule has 0 amide bonds. The van der Waals surface area contributed by atoms with Crippen LogP contribution < -0.4 is 11.1 Å². The predicted molar refractivity (Wildman–Crippen MR) is 55.5 cm³/mol. The maximum Gasteiger partial charge on any atom is -0.00178 e. The van der Waals surface area contributed by atoms with E-state index in [4.69, 9.17) is 5.73 Å². The van der Waals surface area contributed by atoms with E-state index in [0.29, 0.717) is 0 Å². The standard InChI is InChI=1S/C11H22N2/c12-4-1-5-13-8-11-7-9-2-3-10(11)6-9/h9-11,13H,1-8,12H2. The molecule has 2 aliphatic rings. The van der Waals surface area contributed by atoms with Crippen molar-refractivity contribution in [2.45, 2.75) is 32.1 Å². The van der Waals surface area contributed by atoms with E-state index in [1.165, 1.54) is 32.2 Å². The monoisotopic (exact) mass is 182 g/mol. The Kier molecular flexibility index (Phi) is 3.23. The van der Waals surface area contributed by atoms with Gasteiger partial charge >= 0.3 is 0 Å². The third-order valence-electron chi connectivity index (χ3n) is 3.85. The van der Waals surface area contributed by atoms with Gasteiger partial charge in [0.05, 0.1) is 0 Å². The van der Waals surface area contributed by atoms with Crippen LogP contribution in [0.1, 0.15) is 32.1 Å². The summed E-state index contributed by atoms with van der Waals surface area (Å²) in [4.78, 5) is 0. The maximum atomic E-state index is 5.44. The Balaban J connectivity index is 1.60. The highest BCUT2D eigenvalue weighted by Gasteiger charge is 2.38. The van der Waals surface area contributed by atoms with E-state index in [1.807, 2.05) is 0 Å². The zero-order chi connectivity index (χ0) is 9.10. The Labute approximate surface area is 81.3 Å². The number of nitrogens with one attached hydrogen (secondary N) is 1. The average Bonchev–Trinajstić information content (AvgIpc) is 2.73. The van der Waals surface area contributed by atoms with Crippen LogP contribution in [0.25, 0.3) is 0 Å². The van der Waals surface area contributed by atoms with Crippen LogP contribution in [0.3, 0.4) is 0 Å². The van der Waals surface area contributed by atoms with Crippen molar-refractivity contribution in [2.24, 2.45) is 23.5 Å². The highest BCUT2D eigenvalue weighted by Crippen LogP contribution is 2.47. The molecule has 0 aromatic carbocycles. The molecule has 13 heavy (non-hydrogen) atoms. The fourth-order valence-corrected chi connectivity index (χ4v) is 3.14. The molecule has 2 saturated carbocycles. The summed E-state index contributed by atoms with van der Waals surface area (Å²) in [6.07, 6.45) is 7.18. The Morgan fingerprint density at radius 3 is 2.77 bits per heavy atom. The molecular formula is C11H22N2. The molecule has 2 aliphatic carbocycles. The fraction of sp³-hybridized carbons (Fsp3) is 1.00. The molecule has 0 aromatic rings. The molecule has 0 saturated heterocycles. The molecule has 3 unspecified atom stereocenters. The van der Waals surface area contributed by atoms with Crippen LogP contribution in [0, 0.1) is 17.8 Å². The molecule has 0 aliphatic heterocycles. The molecule has 2 nitrogen and oxygen atoms in total. The van der Waals surface area contributed by atoms with Crippen LogP contribution in [0.2, 0.25) is 0 Å². The molecule has 2 rings (SSSR count). The molecule has 3 atom stereocenters. The normalized spacial score (nSPS) is 37.2. The van der Waals surface area contributed by atoms with Crippen molar-refractivity contribution in [3.63, 3.8) is 0 Å². The lowest BCUT2D eigenvalue weighted by Crippen LogP contribution is -2.28. The Hall–Kier alpha value is -0.0800. The van der Waals surface area contributed by atoms with Crippen LogP contribution in [0.5, 0.6) is 0 Å². The summed E-state index contributed by atoms with van der Waals surface area (Å²) in [5.41, 5.74) is 5.44. The second kappa shape index (κ2) is 4.43. The van der Waals surface area contributed by atoms with Gasteiger partial charge in [0.25, 0.3) is 0 Å². The van der Waals surface area contributed by atoms with E-state index < -0.39 is 0 Å². The molecule has 0 heterocycles. The van der Waals surface area contributed by atoms with E-state index >= 15 is 0 Å². The van der Waals surface area contributed by atoms with Crippen molar-refractivity contribution >= 4 is 0 Å². The van der Waals surface area contributed by atoms with Gasteiger partial charge in [-0.2, -0.15) is 0 Å². The van der Waals surface area contributed by atoms with Crippen LogP contribution in [-0.4, -0.2) is 19.6 Å². The van der Waals surface area contributed by atoms with Gasteiger partial charge in [-0.05, 0) is 63.1 Å². The topological polar surface area (TPSA) is 38.0 Å². The quantitative estimate of drug-likeness (QED) is 0.630. The summed E-state index contributed by atoms with van der Waals surface area (Å²) >= 11 is 0. The molecule has 76 valence electrons. The second-order valence-electron chi connectivity index (χ2n) is 4.78. The van der Waals surface area contributed by atoms with Gasteiger partial charge in [0.2, 0.25) is 0 Å². The van der Waals surface area contributed by atoms with Crippen molar-refractivity contribution in [1.82, 2.24) is 5.32 Å². The summed E-state index contributed by atoms with van der Waals surface area (Å²) in [6, 6.07) is 0. The highest BCUT2D eigenvalue weighted by atomic mass is 14.9. The maximum absolute atomic E-state index is 5.44. The van der Waals surface area contributed by atoms with E-state index in [-0.39, 0.29) is 0 Å². The summed E-state index contributed by atoms with van der Waals surface area (Å²) in [5, 5.41) is 3.53. The molecule has 3 N–H and O–H groups in total. The Morgan fingerprint density at radius 2 is 2.15 bits per heavy atom. The minimum atomic E-state index is 0.823. The van der Waals surface area contributed by atoms with E-state index in [0.717, 1.165) is 37.3 Å². The van der Waals surface area contributed by atoms with Gasteiger partial charge in [-0.1, -0.05) is 6.42 Å². The van der Waals surface area contributed by atoms with Gasteiger partial charge in [-0.15, -0.1) is 0 Å². The summed E-state index contributed by atoms with van der Waals surface area (Å²) in [5.74, 6) is 3.15. The van der Waals surface area contributed by atoms with Crippen molar-refractivity contribution in [1.29, 1.82) is 0 Å². The van der Waals surface area contributed by atoms with Crippen molar-refractivity contribution in [3.8, 4) is 0 Å². The van der Waals surface area contributed by atoms with Gasteiger partial charge in [-0.25, -0.2) is 0 Å². The summed E-state index contributed by atoms with van der Waals surface area (Å²) in [7, 11) is 0. The molecule has 0 spiro atoms. The number of nitrogens with two attached hydrogens (primary N) is 1. The Morgan fingerprint density at radius 1 is 1.23 bits per heavy atom. The highest BCUT2D eigenvalue weighted by molar-refractivity contribution is 4.90. The largest absolute Gasteiger partial charge is 0.330 e. The molecule has 2 heteroatoms. The number of fused-ring (bicyclic) bond motifs is 2. The first-order valence-electron chi connectivity index (χ1n) is 5.81. The summed E-state index contributed by atoms with van der Waals surface area (Å²) < 4.78 is 0. The van der Waals surface area contributed by atoms with Gasteiger partial charge < -0.3 is 11.1 Å². The molecule has 2 fully saturated rings. The minimum absolute atomic E-state index is 0.823. The van der Waals surface area contributed by atoms with Gasteiger partial charge in [-0.3, -0.25) is 0 Å². The third kappa shape index (κ3) is 2.23.